The van der Waals surface area contributed by atoms with Crippen LogP contribution in [-0.4, -0.2) is 14.3 Å². The Hall–Kier alpha value is -3.12. The standard InChI is InChI=1S/C24H26N2O3S/c1-16(2)21-12-8-9-18(4)23(21)25-24(27)19-14-13-17(3)22(15-19)30(28,29)26-20-10-6-5-7-11-20/h5-16,26H,1-4H3,(H,25,27). The number of hydrogen-bond acceptors (Lipinski definition) is 3. The van der Waals surface area contributed by atoms with E-state index in [0.717, 1.165) is 16.8 Å². The number of carbonyl (C=O) groups excluding carboxylic acids is 1. The van der Waals surface area contributed by atoms with Gasteiger partial charge in [0.15, 0.2) is 0 Å². The molecule has 0 aliphatic rings. The molecule has 0 aliphatic carbocycles. The minimum absolute atomic E-state index is 0.0767. The van der Waals surface area contributed by atoms with E-state index in [0.29, 0.717) is 11.3 Å². The highest BCUT2D eigenvalue weighted by molar-refractivity contribution is 7.92. The molecular formula is C24H26N2O3S. The van der Waals surface area contributed by atoms with Crippen LogP contribution in [0.1, 0.15) is 46.8 Å². The van der Waals surface area contributed by atoms with Crippen molar-refractivity contribution in [3.8, 4) is 0 Å². The lowest BCUT2D eigenvalue weighted by Gasteiger charge is -2.17. The average molecular weight is 423 g/mol. The second-order valence-electron chi connectivity index (χ2n) is 7.60. The van der Waals surface area contributed by atoms with E-state index >= 15 is 0 Å². The molecule has 0 unspecified atom stereocenters. The minimum Gasteiger partial charge on any atom is -0.321 e. The molecule has 3 aromatic rings. The molecule has 2 N–H and O–H groups in total. The molecule has 3 aromatic carbocycles. The minimum atomic E-state index is -3.83. The van der Waals surface area contributed by atoms with E-state index < -0.39 is 10.0 Å². The van der Waals surface area contributed by atoms with E-state index in [4.69, 9.17) is 0 Å². The van der Waals surface area contributed by atoms with Crippen LogP contribution < -0.4 is 10.0 Å². The lowest BCUT2D eigenvalue weighted by atomic mass is 9.98. The maximum absolute atomic E-state index is 13.0. The van der Waals surface area contributed by atoms with Crippen molar-refractivity contribution in [1.82, 2.24) is 0 Å². The van der Waals surface area contributed by atoms with Gasteiger partial charge < -0.3 is 5.32 Å². The van der Waals surface area contributed by atoms with Crippen LogP contribution in [0.25, 0.3) is 0 Å². The summed E-state index contributed by atoms with van der Waals surface area (Å²) in [6, 6.07) is 19.3. The summed E-state index contributed by atoms with van der Waals surface area (Å²) < 4.78 is 28.4. The van der Waals surface area contributed by atoms with Crippen LogP contribution in [0, 0.1) is 13.8 Å². The third-order valence-corrected chi connectivity index (χ3v) is 6.45. The molecule has 0 bridgehead atoms. The number of carbonyl (C=O) groups is 1. The fourth-order valence-electron chi connectivity index (χ4n) is 3.28. The molecule has 0 atom stereocenters. The van der Waals surface area contributed by atoms with Gasteiger partial charge in [0.05, 0.1) is 4.90 Å². The Morgan fingerprint density at radius 3 is 2.23 bits per heavy atom. The number of para-hydroxylation sites is 2. The van der Waals surface area contributed by atoms with Gasteiger partial charge in [0, 0.05) is 16.9 Å². The van der Waals surface area contributed by atoms with Crippen LogP contribution in [0.2, 0.25) is 0 Å². The van der Waals surface area contributed by atoms with Crippen molar-refractivity contribution in [2.45, 2.75) is 38.5 Å². The van der Waals surface area contributed by atoms with Gasteiger partial charge in [-0.3, -0.25) is 9.52 Å². The van der Waals surface area contributed by atoms with Crippen LogP contribution in [0.15, 0.2) is 71.6 Å². The van der Waals surface area contributed by atoms with Gasteiger partial charge in [-0.2, -0.15) is 0 Å². The second-order valence-corrected chi connectivity index (χ2v) is 9.25. The Kier molecular flexibility index (Phi) is 6.27. The highest BCUT2D eigenvalue weighted by atomic mass is 32.2. The molecule has 1 amide bonds. The molecule has 0 fully saturated rings. The molecule has 0 radical (unpaired) electrons. The zero-order chi connectivity index (χ0) is 21.9. The van der Waals surface area contributed by atoms with Crippen LogP contribution in [-0.2, 0) is 10.0 Å². The van der Waals surface area contributed by atoms with E-state index in [1.54, 1.807) is 43.3 Å². The summed E-state index contributed by atoms with van der Waals surface area (Å²) in [6.45, 7) is 7.78. The molecule has 3 rings (SSSR count). The van der Waals surface area contributed by atoms with Crippen molar-refractivity contribution < 1.29 is 13.2 Å². The fraction of sp³-hybridized carbons (Fsp3) is 0.208. The Morgan fingerprint density at radius 2 is 1.57 bits per heavy atom. The van der Waals surface area contributed by atoms with Crippen LogP contribution in [0.4, 0.5) is 11.4 Å². The molecule has 156 valence electrons. The van der Waals surface area contributed by atoms with Crippen molar-refractivity contribution in [3.63, 3.8) is 0 Å². The first-order valence-corrected chi connectivity index (χ1v) is 11.3. The first-order chi connectivity index (χ1) is 14.2. The summed E-state index contributed by atoms with van der Waals surface area (Å²) in [7, 11) is -3.83. The predicted molar refractivity (Wildman–Crippen MR) is 122 cm³/mol. The first-order valence-electron chi connectivity index (χ1n) is 9.78. The van der Waals surface area contributed by atoms with E-state index in [2.05, 4.69) is 23.9 Å². The molecule has 5 nitrogen and oxygen atoms in total. The van der Waals surface area contributed by atoms with Crippen molar-refractivity contribution in [2.75, 3.05) is 10.0 Å². The molecule has 6 heteroatoms. The van der Waals surface area contributed by atoms with Crippen LogP contribution in [0.5, 0.6) is 0 Å². The Bertz CT molecular complexity index is 1170. The number of hydrogen-bond donors (Lipinski definition) is 2. The molecule has 0 heterocycles. The van der Waals surface area contributed by atoms with E-state index in [-0.39, 0.29) is 22.3 Å². The van der Waals surface area contributed by atoms with Crippen molar-refractivity contribution >= 4 is 27.3 Å². The quantitative estimate of drug-likeness (QED) is 0.552. The number of sulfonamides is 1. The molecule has 0 saturated carbocycles. The maximum atomic E-state index is 13.0. The summed E-state index contributed by atoms with van der Waals surface area (Å²) in [5.41, 5.74) is 4.08. The highest BCUT2D eigenvalue weighted by Gasteiger charge is 2.20. The summed E-state index contributed by atoms with van der Waals surface area (Å²) in [4.78, 5) is 13.0. The molecule has 0 aromatic heterocycles. The van der Waals surface area contributed by atoms with E-state index in [1.807, 2.05) is 31.2 Å². The highest BCUT2D eigenvalue weighted by Crippen LogP contribution is 2.28. The normalized spacial score (nSPS) is 11.4. The lowest BCUT2D eigenvalue weighted by molar-refractivity contribution is 0.102. The topological polar surface area (TPSA) is 75.3 Å². The van der Waals surface area contributed by atoms with Crippen molar-refractivity contribution in [1.29, 1.82) is 0 Å². The molecular weight excluding hydrogens is 396 g/mol. The van der Waals surface area contributed by atoms with Crippen molar-refractivity contribution in [2.24, 2.45) is 0 Å². The Labute approximate surface area is 178 Å². The van der Waals surface area contributed by atoms with Gasteiger partial charge in [-0.1, -0.05) is 56.3 Å². The van der Waals surface area contributed by atoms with Crippen LogP contribution in [0.3, 0.4) is 0 Å². The lowest BCUT2D eigenvalue weighted by Crippen LogP contribution is -2.18. The first kappa shape index (κ1) is 21.6. The largest absolute Gasteiger partial charge is 0.321 e. The van der Waals surface area contributed by atoms with Gasteiger partial charge in [-0.05, 0) is 60.7 Å². The molecule has 0 aliphatic heterocycles. The number of nitrogens with one attached hydrogen (secondary N) is 2. The SMILES string of the molecule is Cc1ccc(C(=O)Nc2c(C)cccc2C(C)C)cc1S(=O)(=O)Nc1ccccc1. The number of rotatable bonds is 6. The number of anilines is 2. The third-order valence-electron chi connectivity index (χ3n) is 4.93. The summed E-state index contributed by atoms with van der Waals surface area (Å²) in [6.07, 6.45) is 0. The van der Waals surface area contributed by atoms with E-state index in [1.165, 1.54) is 6.07 Å². The second kappa shape index (κ2) is 8.71. The molecule has 30 heavy (non-hydrogen) atoms. The third kappa shape index (κ3) is 4.71. The zero-order valence-corrected chi connectivity index (χ0v) is 18.4. The Balaban J connectivity index is 1.93. The molecule has 0 saturated heterocycles. The average Bonchev–Trinajstić information content (AvgIpc) is 2.69. The van der Waals surface area contributed by atoms with Gasteiger partial charge in [0.25, 0.3) is 15.9 Å². The number of aryl methyl sites for hydroxylation is 2. The summed E-state index contributed by atoms with van der Waals surface area (Å²) in [5, 5.41) is 2.97. The maximum Gasteiger partial charge on any atom is 0.262 e. The monoisotopic (exact) mass is 422 g/mol. The van der Waals surface area contributed by atoms with Crippen molar-refractivity contribution in [3.05, 3.63) is 89.0 Å². The Morgan fingerprint density at radius 1 is 0.867 bits per heavy atom. The van der Waals surface area contributed by atoms with Crippen LogP contribution >= 0.6 is 0 Å². The summed E-state index contributed by atoms with van der Waals surface area (Å²) >= 11 is 0. The van der Waals surface area contributed by atoms with Gasteiger partial charge in [-0.15, -0.1) is 0 Å². The van der Waals surface area contributed by atoms with Gasteiger partial charge >= 0.3 is 0 Å². The van der Waals surface area contributed by atoms with E-state index in [9.17, 15) is 13.2 Å². The number of amides is 1. The predicted octanol–water partition coefficient (Wildman–Crippen LogP) is 5.48. The number of benzene rings is 3. The smallest absolute Gasteiger partial charge is 0.262 e. The van der Waals surface area contributed by atoms with Gasteiger partial charge in [-0.25, -0.2) is 8.42 Å². The zero-order valence-electron chi connectivity index (χ0n) is 17.6. The summed E-state index contributed by atoms with van der Waals surface area (Å²) in [5.74, 6) is -0.105. The van der Waals surface area contributed by atoms with Gasteiger partial charge in [0.1, 0.15) is 0 Å². The fourth-order valence-corrected chi connectivity index (χ4v) is 4.61. The molecule has 0 spiro atoms. The van der Waals surface area contributed by atoms with Gasteiger partial charge in [0.2, 0.25) is 0 Å².